The highest BCUT2D eigenvalue weighted by Gasteiger charge is 2.55. The Morgan fingerprint density at radius 2 is 2.00 bits per heavy atom. The molecule has 1 amide bonds. The largest absolute Gasteiger partial charge is 0.481 e. The van der Waals surface area contributed by atoms with Crippen LogP contribution in [0.25, 0.3) is 0 Å². The van der Waals surface area contributed by atoms with Gasteiger partial charge in [-0.25, -0.2) is 0 Å². The minimum absolute atomic E-state index is 0.0499. The molecule has 2 aliphatic rings. The van der Waals surface area contributed by atoms with Crippen molar-refractivity contribution in [1.82, 2.24) is 9.80 Å². The van der Waals surface area contributed by atoms with Crippen LogP contribution in [-0.4, -0.2) is 52.5 Å². The third-order valence-electron chi connectivity index (χ3n) is 5.68. The van der Waals surface area contributed by atoms with Gasteiger partial charge >= 0.3 is 5.97 Å². The van der Waals surface area contributed by atoms with E-state index in [0.29, 0.717) is 12.8 Å². The summed E-state index contributed by atoms with van der Waals surface area (Å²) < 4.78 is 5.84. The van der Waals surface area contributed by atoms with Crippen molar-refractivity contribution in [1.29, 1.82) is 0 Å². The van der Waals surface area contributed by atoms with Crippen LogP contribution in [0.2, 0.25) is 0 Å². The van der Waals surface area contributed by atoms with Crippen LogP contribution in [0, 0.1) is 5.92 Å². The number of hydrogen-bond donors (Lipinski definition) is 1. The molecule has 2 fully saturated rings. The zero-order valence-electron chi connectivity index (χ0n) is 14.5. The molecule has 0 aromatic carbocycles. The van der Waals surface area contributed by atoms with Gasteiger partial charge in [0.25, 0.3) is 0 Å². The highest BCUT2D eigenvalue weighted by molar-refractivity contribution is 5.88. The molecule has 0 bridgehead atoms. The molecule has 2 aliphatic heterocycles. The maximum Gasteiger partial charge on any atom is 0.309 e. The van der Waals surface area contributed by atoms with E-state index in [9.17, 15) is 14.7 Å². The number of hydrogen-bond acceptors (Lipinski definition) is 4. The van der Waals surface area contributed by atoms with Crippen LogP contribution < -0.4 is 0 Å². The van der Waals surface area contributed by atoms with Gasteiger partial charge in [0.15, 0.2) is 0 Å². The Morgan fingerprint density at radius 1 is 1.33 bits per heavy atom. The van der Waals surface area contributed by atoms with Crippen LogP contribution in [0.4, 0.5) is 0 Å². The summed E-state index contributed by atoms with van der Waals surface area (Å²) in [7, 11) is 1.75. The number of aliphatic carboxylic acids is 1. The lowest BCUT2D eigenvalue weighted by Crippen LogP contribution is -2.55. The Kier molecular flexibility index (Phi) is 4.67. The van der Waals surface area contributed by atoms with Gasteiger partial charge in [0.05, 0.1) is 18.0 Å². The second-order valence-corrected chi connectivity index (χ2v) is 7.05. The maximum atomic E-state index is 12.0. The van der Waals surface area contributed by atoms with E-state index in [1.54, 1.807) is 11.9 Å². The number of furan rings is 1. The summed E-state index contributed by atoms with van der Waals surface area (Å²) in [5, 5.41) is 9.51. The van der Waals surface area contributed by atoms with Crippen LogP contribution >= 0.6 is 0 Å². The Morgan fingerprint density at radius 3 is 2.62 bits per heavy atom. The molecule has 24 heavy (non-hydrogen) atoms. The maximum absolute atomic E-state index is 12.0. The minimum Gasteiger partial charge on any atom is -0.481 e. The van der Waals surface area contributed by atoms with Crippen molar-refractivity contribution in [2.75, 3.05) is 20.1 Å². The molecule has 1 atom stereocenters. The molecule has 1 N–H and O–H groups in total. The Bertz CT molecular complexity index is 616. The summed E-state index contributed by atoms with van der Waals surface area (Å²) in [4.78, 5) is 27.6. The molecule has 1 spiro atoms. The number of aryl methyl sites for hydroxylation is 1. The SMILES string of the molecule is CCCc1ccc(CN2CCC3(CC2)C(C(=O)O)CC(=O)N3C)o1. The fourth-order valence-corrected chi connectivity index (χ4v) is 4.19. The Balaban J connectivity index is 1.64. The summed E-state index contributed by atoms with van der Waals surface area (Å²) in [5.74, 6) is 0.493. The normalized spacial score (nSPS) is 24.0. The lowest BCUT2D eigenvalue weighted by atomic mass is 9.77. The van der Waals surface area contributed by atoms with Gasteiger partial charge in [-0.1, -0.05) is 6.92 Å². The predicted molar refractivity (Wildman–Crippen MR) is 88.5 cm³/mol. The van der Waals surface area contributed by atoms with E-state index in [1.807, 2.05) is 12.1 Å². The van der Waals surface area contributed by atoms with Crippen molar-refractivity contribution in [3.8, 4) is 0 Å². The highest BCUT2D eigenvalue weighted by atomic mass is 16.4. The first-order valence-electron chi connectivity index (χ1n) is 8.75. The average molecular weight is 334 g/mol. The van der Waals surface area contributed by atoms with Gasteiger partial charge in [-0.2, -0.15) is 0 Å². The smallest absolute Gasteiger partial charge is 0.309 e. The monoisotopic (exact) mass is 334 g/mol. The molecule has 6 nitrogen and oxygen atoms in total. The zero-order chi connectivity index (χ0) is 17.3. The molecule has 6 heteroatoms. The Labute approximate surface area is 142 Å². The molecule has 132 valence electrons. The van der Waals surface area contributed by atoms with E-state index < -0.39 is 17.4 Å². The third-order valence-corrected chi connectivity index (χ3v) is 5.68. The highest BCUT2D eigenvalue weighted by Crippen LogP contribution is 2.43. The standard InChI is InChI=1S/C18H26N2O4/c1-3-4-13-5-6-14(24-13)12-20-9-7-18(8-10-20)15(17(22)23)11-16(21)19(18)2/h5-6,15H,3-4,7-12H2,1-2H3,(H,22,23). The van der Waals surface area contributed by atoms with E-state index in [1.165, 1.54) is 0 Å². The molecule has 0 aliphatic carbocycles. The van der Waals surface area contributed by atoms with Crippen molar-refractivity contribution < 1.29 is 19.1 Å². The van der Waals surface area contributed by atoms with Crippen LogP contribution in [0.1, 0.15) is 44.1 Å². The molecular weight excluding hydrogens is 308 g/mol. The van der Waals surface area contributed by atoms with Crippen molar-refractivity contribution in [3.05, 3.63) is 23.7 Å². The third kappa shape index (κ3) is 2.95. The molecule has 0 saturated carbocycles. The number of likely N-dealkylation sites (tertiary alicyclic amines) is 2. The van der Waals surface area contributed by atoms with E-state index >= 15 is 0 Å². The number of nitrogens with zero attached hydrogens (tertiary/aromatic N) is 2. The quantitative estimate of drug-likeness (QED) is 0.893. The van der Waals surface area contributed by atoms with E-state index in [0.717, 1.165) is 44.0 Å². The molecule has 3 heterocycles. The first kappa shape index (κ1) is 17.0. The fraction of sp³-hybridized carbons (Fsp3) is 0.667. The van der Waals surface area contributed by atoms with E-state index in [2.05, 4.69) is 11.8 Å². The van der Waals surface area contributed by atoms with Crippen LogP contribution in [0.3, 0.4) is 0 Å². The number of piperidine rings is 1. The average Bonchev–Trinajstić information content (AvgIpc) is 3.08. The summed E-state index contributed by atoms with van der Waals surface area (Å²) >= 11 is 0. The van der Waals surface area contributed by atoms with Gasteiger partial charge in [-0.05, 0) is 31.4 Å². The zero-order valence-corrected chi connectivity index (χ0v) is 14.5. The summed E-state index contributed by atoms with van der Waals surface area (Å²) in [6, 6.07) is 4.06. The number of carbonyl (C=O) groups excluding carboxylic acids is 1. The van der Waals surface area contributed by atoms with Crippen molar-refractivity contribution in [3.63, 3.8) is 0 Å². The Hall–Kier alpha value is -1.82. The van der Waals surface area contributed by atoms with Crippen LogP contribution in [-0.2, 0) is 22.6 Å². The number of carboxylic acids is 1. The van der Waals surface area contributed by atoms with E-state index in [4.69, 9.17) is 4.42 Å². The number of carboxylic acid groups (broad SMARTS) is 1. The second kappa shape index (κ2) is 6.59. The van der Waals surface area contributed by atoms with E-state index in [-0.39, 0.29) is 12.3 Å². The van der Waals surface area contributed by atoms with Crippen molar-refractivity contribution in [2.24, 2.45) is 5.92 Å². The first-order chi connectivity index (χ1) is 11.5. The second-order valence-electron chi connectivity index (χ2n) is 7.05. The fourth-order valence-electron chi connectivity index (χ4n) is 4.19. The molecule has 2 saturated heterocycles. The molecular formula is C18H26N2O4. The summed E-state index contributed by atoms with van der Waals surface area (Å²) in [6.07, 6.45) is 3.56. The predicted octanol–water partition coefficient (Wildman–Crippen LogP) is 2.13. The summed E-state index contributed by atoms with van der Waals surface area (Å²) in [6.45, 7) is 4.44. The van der Waals surface area contributed by atoms with Gasteiger partial charge in [0.1, 0.15) is 11.5 Å². The topological polar surface area (TPSA) is 74.0 Å². The van der Waals surface area contributed by atoms with Crippen LogP contribution in [0.15, 0.2) is 16.5 Å². The minimum atomic E-state index is -0.851. The van der Waals surface area contributed by atoms with Crippen LogP contribution in [0.5, 0.6) is 0 Å². The molecule has 1 aromatic heterocycles. The van der Waals surface area contributed by atoms with Crippen molar-refractivity contribution in [2.45, 2.75) is 51.1 Å². The molecule has 1 aromatic rings. The lowest BCUT2D eigenvalue weighted by Gasteiger charge is -2.45. The first-order valence-corrected chi connectivity index (χ1v) is 8.75. The number of rotatable bonds is 5. The van der Waals surface area contributed by atoms with Gasteiger partial charge < -0.3 is 14.4 Å². The van der Waals surface area contributed by atoms with Gasteiger partial charge in [-0.15, -0.1) is 0 Å². The molecule has 0 radical (unpaired) electrons. The van der Waals surface area contributed by atoms with Crippen molar-refractivity contribution >= 4 is 11.9 Å². The number of amides is 1. The van der Waals surface area contributed by atoms with Gasteiger partial charge in [-0.3, -0.25) is 14.5 Å². The number of carbonyl (C=O) groups is 2. The molecule has 1 unspecified atom stereocenters. The lowest BCUT2D eigenvalue weighted by molar-refractivity contribution is -0.146. The van der Waals surface area contributed by atoms with Gasteiger partial charge in [0, 0.05) is 33.0 Å². The van der Waals surface area contributed by atoms with Gasteiger partial charge in [0.2, 0.25) is 5.91 Å². The summed E-state index contributed by atoms with van der Waals surface area (Å²) in [5.41, 5.74) is -0.518. The molecule has 3 rings (SSSR count).